The Balaban J connectivity index is 2.26. The Morgan fingerprint density at radius 2 is 1.90 bits per heavy atom. The Kier molecular flexibility index (Phi) is 5.67. The number of hydrogen-bond acceptors (Lipinski definition) is 3. The summed E-state index contributed by atoms with van der Waals surface area (Å²) in [5, 5.41) is 0.981. The van der Waals surface area contributed by atoms with E-state index in [0.717, 1.165) is 26.7 Å². The molecule has 0 aliphatic rings. The van der Waals surface area contributed by atoms with Crippen molar-refractivity contribution in [1.82, 2.24) is 0 Å². The molecule has 0 radical (unpaired) electrons. The summed E-state index contributed by atoms with van der Waals surface area (Å²) in [7, 11) is 0. The Labute approximate surface area is 138 Å². The molecule has 114 valence electrons. The molecule has 2 aromatic rings. The van der Waals surface area contributed by atoms with E-state index in [-0.39, 0.29) is 5.63 Å². The summed E-state index contributed by atoms with van der Waals surface area (Å²) in [6, 6.07) is 3.94. The average Bonchev–Trinajstić information content (AvgIpc) is 2.47. The number of halogens is 1. The zero-order valence-electron chi connectivity index (χ0n) is 12.8. The summed E-state index contributed by atoms with van der Waals surface area (Å²) >= 11 is 2.19. The van der Waals surface area contributed by atoms with E-state index >= 15 is 0 Å². The topological polar surface area (TPSA) is 39.4 Å². The molecule has 0 saturated heterocycles. The Hall–Kier alpha value is -1.04. The molecule has 0 N–H and O–H groups in total. The van der Waals surface area contributed by atoms with Crippen LogP contribution < -0.4 is 10.4 Å². The van der Waals surface area contributed by atoms with Crippen LogP contribution in [0.4, 0.5) is 0 Å². The molecular formula is C17H21IO3. The third-order valence-electron chi connectivity index (χ3n) is 3.78. The van der Waals surface area contributed by atoms with Gasteiger partial charge in [0.1, 0.15) is 5.75 Å². The summed E-state index contributed by atoms with van der Waals surface area (Å²) in [5.74, 6) is 0.797. The van der Waals surface area contributed by atoms with Crippen molar-refractivity contribution in [3.63, 3.8) is 0 Å². The van der Waals surface area contributed by atoms with Crippen molar-refractivity contribution in [2.75, 3.05) is 6.61 Å². The molecule has 1 aromatic heterocycles. The van der Waals surface area contributed by atoms with Crippen molar-refractivity contribution >= 4 is 33.6 Å². The summed E-state index contributed by atoms with van der Waals surface area (Å²) < 4.78 is 12.2. The lowest BCUT2D eigenvalue weighted by molar-refractivity contribution is 0.303. The van der Waals surface area contributed by atoms with E-state index in [0.29, 0.717) is 17.8 Å². The SMILES string of the molecule is CCCCCCOc1ccc2c(C)c(C)c(=O)oc2c1I. The number of ether oxygens (including phenoxy) is 1. The Morgan fingerprint density at radius 1 is 1.14 bits per heavy atom. The smallest absolute Gasteiger partial charge is 0.339 e. The predicted molar refractivity (Wildman–Crippen MR) is 94.3 cm³/mol. The highest BCUT2D eigenvalue weighted by molar-refractivity contribution is 14.1. The summed E-state index contributed by atoms with van der Waals surface area (Å²) in [6.07, 6.45) is 4.70. The van der Waals surface area contributed by atoms with Crippen LogP contribution in [-0.2, 0) is 0 Å². The number of aryl methyl sites for hydroxylation is 1. The van der Waals surface area contributed by atoms with Gasteiger partial charge in [-0.2, -0.15) is 0 Å². The van der Waals surface area contributed by atoms with Crippen LogP contribution in [0.15, 0.2) is 21.3 Å². The first-order valence-electron chi connectivity index (χ1n) is 7.41. The first kappa shape index (κ1) is 16.3. The molecule has 0 aliphatic heterocycles. The fourth-order valence-electron chi connectivity index (χ4n) is 2.28. The minimum Gasteiger partial charge on any atom is -0.492 e. The normalized spacial score (nSPS) is 11.0. The molecule has 0 bridgehead atoms. The fraction of sp³-hybridized carbons (Fsp3) is 0.471. The number of unbranched alkanes of at least 4 members (excludes halogenated alkanes) is 3. The molecular weight excluding hydrogens is 379 g/mol. The Morgan fingerprint density at radius 3 is 2.62 bits per heavy atom. The largest absolute Gasteiger partial charge is 0.492 e. The van der Waals surface area contributed by atoms with Crippen LogP contribution in [0.5, 0.6) is 5.75 Å². The minimum atomic E-state index is -0.266. The average molecular weight is 400 g/mol. The van der Waals surface area contributed by atoms with Crippen LogP contribution in [0.2, 0.25) is 0 Å². The quantitative estimate of drug-likeness (QED) is 0.390. The van der Waals surface area contributed by atoms with Gasteiger partial charge in [-0.05, 0) is 60.6 Å². The second-order valence-electron chi connectivity index (χ2n) is 5.30. The molecule has 21 heavy (non-hydrogen) atoms. The fourth-order valence-corrected chi connectivity index (χ4v) is 3.02. The van der Waals surface area contributed by atoms with Gasteiger partial charge in [0, 0.05) is 10.9 Å². The second-order valence-corrected chi connectivity index (χ2v) is 6.38. The van der Waals surface area contributed by atoms with Crippen molar-refractivity contribution in [2.24, 2.45) is 0 Å². The molecule has 0 unspecified atom stereocenters. The summed E-state index contributed by atoms with van der Waals surface area (Å²) in [4.78, 5) is 11.8. The maximum absolute atomic E-state index is 11.8. The molecule has 1 heterocycles. The number of hydrogen-bond donors (Lipinski definition) is 0. The van der Waals surface area contributed by atoms with E-state index in [9.17, 15) is 4.79 Å². The monoisotopic (exact) mass is 400 g/mol. The van der Waals surface area contributed by atoms with E-state index in [1.165, 1.54) is 19.3 Å². The van der Waals surface area contributed by atoms with Crippen molar-refractivity contribution in [1.29, 1.82) is 0 Å². The van der Waals surface area contributed by atoms with Crippen molar-refractivity contribution < 1.29 is 9.15 Å². The molecule has 0 amide bonds. The second kappa shape index (κ2) is 7.29. The number of fused-ring (bicyclic) bond motifs is 1. The van der Waals surface area contributed by atoms with Gasteiger partial charge in [0.25, 0.3) is 0 Å². The standard InChI is InChI=1S/C17H21IO3/c1-4-5-6-7-10-20-14-9-8-13-11(2)12(3)17(19)21-16(13)15(14)18/h8-9H,4-7,10H2,1-3H3. The highest BCUT2D eigenvalue weighted by atomic mass is 127. The third-order valence-corrected chi connectivity index (χ3v) is 4.81. The highest BCUT2D eigenvalue weighted by Crippen LogP contribution is 2.31. The lowest BCUT2D eigenvalue weighted by Crippen LogP contribution is -2.07. The van der Waals surface area contributed by atoms with Gasteiger partial charge in [-0.3, -0.25) is 0 Å². The molecule has 0 fully saturated rings. The highest BCUT2D eigenvalue weighted by Gasteiger charge is 2.13. The van der Waals surface area contributed by atoms with Crippen LogP contribution >= 0.6 is 22.6 Å². The van der Waals surface area contributed by atoms with E-state index in [4.69, 9.17) is 9.15 Å². The van der Waals surface area contributed by atoms with Crippen molar-refractivity contribution in [3.05, 3.63) is 37.2 Å². The van der Waals surface area contributed by atoms with Crippen LogP contribution in [0.1, 0.15) is 43.7 Å². The molecule has 2 rings (SSSR count). The van der Waals surface area contributed by atoms with Gasteiger partial charge in [0.05, 0.1) is 10.2 Å². The maximum atomic E-state index is 11.8. The van der Waals surface area contributed by atoms with Crippen LogP contribution in [-0.4, -0.2) is 6.61 Å². The Bertz CT molecular complexity index is 688. The van der Waals surface area contributed by atoms with Gasteiger partial charge in [-0.15, -0.1) is 0 Å². The van der Waals surface area contributed by atoms with E-state index in [2.05, 4.69) is 29.5 Å². The predicted octanol–water partition coefficient (Wildman–Crippen LogP) is 4.97. The van der Waals surface area contributed by atoms with E-state index in [1.54, 1.807) is 6.92 Å². The summed E-state index contributed by atoms with van der Waals surface area (Å²) in [5.41, 5.74) is 2.02. The molecule has 0 spiro atoms. The van der Waals surface area contributed by atoms with Crippen LogP contribution in [0, 0.1) is 17.4 Å². The molecule has 1 aromatic carbocycles. The van der Waals surface area contributed by atoms with Gasteiger partial charge < -0.3 is 9.15 Å². The van der Waals surface area contributed by atoms with Gasteiger partial charge in [0.15, 0.2) is 5.58 Å². The zero-order valence-corrected chi connectivity index (χ0v) is 15.0. The third kappa shape index (κ3) is 3.59. The number of benzene rings is 1. The van der Waals surface area contributed by atoms with Gasteiger partial charge in [-0.25, -0.2) is 4.79 Å². The molecule has 3 nitrogen and oxygen atoms in total. The minimum absolute atomic E-state index is 0.266. The molecule has 0 aliphatic carbocycles. The van der Waals surface area contributed by atoms with E-state index in [1.807, 2.05) is 19.1 Å². The van der Waals surface area contributed by atoms with Crippen molar-refractivity contribution in [3.8, 4) is 5.75 Å². The lowest BCUT2D eigenvalue weighted by Gasteiger charge is -2.11. The zero-order chi connectivity index (χ0) is 15.4. The molecule has 0 saturated carbocycles. The maximum Gasteiger partial charge on any atom is 0.339 e. The lowest BCUT2D eigenvalue weighted by atomic mass is 10.1. The summed E-state index contributed by atoms with van der Waals surface area (Å²) in [6.45, 7) is 6.65. The number of rotatable bonds is 6. The van der Waals surface area contributed by atoms with E-state index < -0.39 is 0 Å². The van der Waals surface area contributed by atoms with Gasteiger partial charge in [0.2, 0.25) is 0 Å². The van der Waals surface area contributed by atoms with Crippen molar-refractivity contribution in [2.45, 2.75) is 46.5 Å². The first-order valence-corrected chi connectivity index (χ1v) is 8.49. The van der Waals surface area contributed by atoms with Crippen LogP contribution in [0.25, 0.3) is 11.0 Å². The van der Waals surface area contributed by atoms with Gasteiger partial charge >= 0.3 is 5.63 Å². The van der Waals surface area contributed by atoms with Gasteiger partial charge in [-0.1, -0.05) is 26.2 Å². The first-order chi connectivity index (χ1) is 10.1. The van der Waals surface area contributed by atoms with Crippen LogP contribution in [0.3, 0.4) is 0 Å². The molecule has 0 atom stereocenters. The molecule has 4 heteroatoms.